The van der Waals surface area contributed by atoms with Gasteiger partial charge in [0.15, 0.2) is 5.96 Å². The fourth-order valence-corrected chi connectivity index (χ4v) is 3.32. The minimum atomic E-state index is 0.00538. The van der Waals surface area contributed by atoms with E-state index in [9.17, 15) is 0 Å². The number of aliphatic imine (C=N–C) groups is 1. The SMILES string of the molecule is CCNC(=NCC(C)(C)N1CCOCC1)NCCc1ccc(OC)cc1Cl. The summed E-state index contributed by atoms with van der Waals surface area (Å²) in [6.45, 7) is 12.4. The van der Waals surface area contributed by atoms with Crippen LogP contribution in [-0.4, -0.2) is 69.4 Å². The molecule has 0 aromatic heterocycles. The maximum Gasteiger partial charge on any atom is 0.191 e. The quantitative estimate of drug-likeness (QED) is 0.522. The molecule has 1 aromatic rings. The molecule has 0 amide bonds. The molecule has 0 aliphatic carbocycles. The van der Waals surface area contributed by atoms with Gasteiger partial charge in [0, 0.05) is 36.7 Å². The van der Waals surface area contributed by atoms with Gasteiger partial charge in [-0.05, 0) is 44.9 Å². The summed E-state index contributed by atoms with van der Waals surface area (Å²) < 4.78 is 10.7. The summed E-state index contributed by atoms with van der Waals surface area (Å²) in [5.41, 5.74) is 1.10. The number of hydrogen-bond acceptors (Lipinski definition) is 4. The number of nitrogens with zero attached hydrogens (tertiary/aromatic N) is 2. The molecule has 6 nitrogen and oxygen atoms in total. The largest absolute Gasteiger partial charge is 0.497 e. The van der Waals surface area contributed by atoms with E-state index in [4.69, 9.17) is 26.1 Å². The fraction of sp³-hybridized carbons (Fsp3) is 0.650. The molecular weight excluding hydrogens is 364 g/mol. The van der Waals surface area contributed by atoms with Gasteiger partial charge in [-0.25, -0.2) is 0 Å². The zero-order valence-electron chi connectivity index (χ0n) is 17.0. The number of ether oxygens (including phenoxy) is 2. The molecule has 0 unspecified atom stereocenters. The van der Waals surface area contributed by atoms with Crippen LogP contribution in [0, 0.1) is 0 Å². The minimum Gasteiger partial charge on any atom is -0.497 e. The average molecular weight is 397 g/mol. The normalized spacial score (nSPS) is 16.3. The van der Waals surface area contributed by atoms with Crippen LogP contribution in [-0.2, 0) is 11.2 Å². The molecule has 1 aliphatic heterocycles. The van der Waals surface area contributed by atoms with Gasteiger partial charge in [-0.15, -0.1) is 0 Å². The first kappa shape index (κ1) is 21.8. The Bertz CT molecular complexity index is 616. The zero-order chi connectivity index (χ0) is 19.7. The molecule has 1 saturated heterocycles. The van der Waals surface area contributed by atoms with Crippen molar-refractivity contribution in [3.63, 3.8) is 0 Å². The van der Waals surface area contributed by atoms with Gasteiger partial charge in [-0.1, -0.05) is 17.7 Å². The second kappa shape index (κ2) is 10.7. The van der Waals surface area contributed by atoms with Crippen LogP contribution in [0.25, 0.3) is 0 Å². The lowest BCUT2D eigenvalue weighted by Gasteiger charge is -2.39. The number of nitrogens with one attached hydrogen (secondary N) is 2. The van der Waals surface area contributed by atoms with Gasteiger partial charge < -0.3 is 20.1 Å². The smallest absolute Gasteiger partial charge is 0.191 e. The van der Waals surface area contributed by atoms with Crippen LogP contribution in [0.2, 0.25) is 5.02 Å². The van der Waals surface area contributed by atoms with E-state index in [1.807, 2.05) is 18.2 Å². The van der Waals surface area contributed by atoms with Crippen LogP contribution < -0.4 is 15.4 Å². The highest BCUT2D eigenvalue weighted by molar-refractivity contribution is 6.31. The molecule has 1 fully saturated rings. The Balaban J connectivity index is 1.89. The Morgan fingerprint density at radius 3 is 2.67 bits per heavy atom. The van der Waals surface area contributed by atoms with Gasteiger partial charge in [-0.3, -0.25) is 9.89 Å². The Kier molecular flexibility index (Phi) is 8.67. The maximum absolute atomic E-state index is 6.32. The number of benzene rings is 1. The van der Waals surface area contributed by atoms with Crippen molar-refractivity contribution in [1.29, 1.82) is 0 Å². The fourth-order valence-electron chi connectivity index (χ4n) is 3.06. The van der Waals surface area contributed by atoms with Crippen molar-refractivity contribution in [2.75, 3.05) is 53.0 Å². The average Bonchev–Trinajstić information content (AvgIpc) is 2.68. The predicted octanol–water partition coefficient (Wildman–Crippen LogP) is 2.56. The molecule has 2 rings (SSSR count). The monoisotopic (exact) mass is 396 g/mol. The van der Waals surface area contributed by atoms with Crippen LogP contribution in [0.1, 0.15) is 26.3 Å². The van der Waals surface area contributed by atoms with Crippen LogP contribution in [0.3, 0.4) is 0 Å². The van der Waals surface area contributed by atoms with Crippen LogP contribution in [0.5, 0.6) is 5.75 Å². The van der Waals surface area contributed by atoms with Gasteiger partial charge in [0.2, 0.25) is 0 Å². The second-order valence-electron chi connectivity index (χ2n) is 7.24. The first-order valence-corrected chi connectivity index (χ1v) is 10.0. The van der Waals surface area contributed by atoms with Crippen molar-refractivity contribution in [3.05, 3.63) is 28.8 Å². The van der Waals surface area contributed by atoms with Crippen molar-refractivity contribution in [3.8, 4) is 5.75 Å². The number of hydrogen-bond donors (Lipinski definition) is 2. The third-order valence-electron chi connectivity index (χ3n) is 4.78. The van der Waals surface area contributed by atoms with Crippen LogP contribution >= 0.6 is 11.6 Å². The topological polar surface area (TPSA) is 58.1 Å². The standard InChI is InChI=1S/C20H33ClN4O2/c1-5-22-19(24-15-20(2,3)25-10-12-27-13-11-25)23-9-8-16-6-7-17(26-4)14-18(16)21/h6-7,14H,5,8-13,15H2,1-4H3,(H2,22,23,24). The molecule has 2 N–H and O–H groups in total. The van der Waals surface area contributed by atoms with Gasteiger partial charge >= 0.3 is 0 Å². The van der Waals surface area contributed by atoms with Gasteiger partial charge in [-0.2, -0.15) is 0 Å². The third-order valence-corrected chi connectivity index (χ3v) is 5.13. The highest BCUT2D eigenvalue weighted by Crippen LogP contribution is 2.22. The minimum absolute atomic E-state index is 0.00538. The molecule has 0 spiro atoms. The molecule has 1 heterocycles. The van der Waals surface area contributed by atoms with Crippen molar-refractivity contribution in [2.45, 2.75) is 32.7 Å². The van der Waals surface area contributed by atoms with Gasteiger partial charge in [0.1, 0.15) is 5.75 Å². The zero-order valence-corrected chi connectivity index (χ0v) is 17.7. The first-order chi connectivity index (χ1) is 13.0. The third kappa shape index (κ3) is 6.87. The van der Waals surface area contributed by atoms with E-state index >= 15 is 0 Å². The summed E-state index contributed by atoms with van der Waals surface area (Å²) >= 11 is 6.32. The van der Waals surface area contributed by atoms with Crippen molar-refractivity contribution in [1.82, 2.24) is 15.5 Å². The van der Waals surface area contributed by atoms with E-state index in [2.05, 4.69) is 36.3 Å². The Labute approximate surface area is 168 Å². The molecule has 0 atom stereocenters. The first-order valence-electron chi connectivity index (χ1n) is 9.63. The number of halogens is 1. The summed E-state index contributed by atoms with van der Waals surface area (Å²) in [6.07, 6.45) is 0.820. The molecule has 27 heavy (non-hydrogen) atoms. The lowest BCUT2D eigenvalue weighted by Crippen LogP contribution is -2.52. The maximum atomic E-state index is 6.32. The summed E-state index contributed by atoms with van der Waals surface area (Å²) in [5, 5.41) is 7.45. The highest BCUT2D eigenvalue weighted by atomic mass is 35.5. The summed E-state index contributed by atoms with van der Waals surface area (Å²) in [4.78, 5) is 7.25. The van der Waals surface area contributed by atoms with E-state index in [1.165, 1.54) is 0 Å². The molecule has 0 radical (unpaired) electrons. The van der Waals surface area contributed by atoms with Crippen molar-refractivity contribution >= 4 is 17.6 Å². The Hall–Kier alpha value is -1.50. The summed E-state index contributed by atoms with van der Waals surface area (Å²) in [5.74, 6) is 1.61. The molecular formula is C20H33ClN4O2. The number of guanidine groups is 1. The number of morpholine rings is 1. The highest BCUT2D eigenvalue weighted by Gasteiger charge is 2.28. The van der Waals surface area contributed by atoms with E-state index in [1.54, 1.807) is 7.11 Å². The van der Waals surface area contributed by atoms with Crippen LogP contribution in [0.4, 0.5) is 0 Å². The summed E-state index contributed by atoms with van der Waals surface area (Å²) in [6, 6.07) is 5.79. The van der Waals surface area contributed by atoms with E-state index < -0.39 is 0 Å². The second-order valence-corrected chi connectivity index (χ2v) is 7.65. The van der Waals surface area contributed by atoms with Crippen molar-refractivity contribution in [2.24, 2.45) is 4.99 Å². The van der Waals surface area contributed by atoms with Crippen molar-refractivity contribution < 1.29 is 9.47 Å². The Morgan fingerprint density at radius 2 is 2.04 bits per heavy atom. The Morgan fingerprint density at radius 1 is 1.30 bits per heavy atom. The van der Waals surface area contributed by atoms with Crippen LogP contribution in [0.15, 0.2) is 23.2 Å². The van der Waals surface area contributed by atoms with E-state index in [0.717, 1.165) is 74.7 Å². The van der Waals surface area contributed by atoms with E-state index in [0.29, 0.717) is 0 Å². The molecule has 1 aliphatic rings. The number of methoxy groups -OCH3 is 1. The molecule has 1 aromatic carbocycles. The number of rotatable bonds is 8. The van der Waals surface area contributed by atoms with Gasteiger partial charge in [0.05, 0.1) is 26.9 Å². The molecule has 0 bridgehead atoms. The lowest BCUT2D eigenvalue weighted by molar-refractivity contribution is -0.00683. The predicted molar refractivity (Wildman–Crippen MR) is 112 cm³/mol. The van der Waals surface area contributed by atoms with E-state index in [-0.39, 0.29) is 5.54 Å². The molecule has 7 heteroatoms. The summed E-state index contributed by atoms with van der Waals surface area (Å²) in [7, 11) is 1.64. The lowest BCUT2D eigenvalue weighted by atomic mass is 10.0. The molecule has 152 valence electrons. The van der Waals surface area contributed by atoms with Gasteiger partial charge in [0.25, 0.3) is 0 Å². The molecule has 0 saturated carbocycles.